The van der Waals surface area contributed by atoms with E-state index in [0.717, 1.165) is 23.9 Å². The second kappa shape index (κ2) is 6.91. The van der Waals surface area contributed by atoms with Gasteiger partial charge in [-0.2, -0.15) is 0 Å². The number of aliphatic hydroxyl groups excluding tert-OH is 1. The Kier molecular flexibility index (Phi) is 5.22. The first kappa shape index (κ1) is 14.3. The Balaban J connectivity index is 1.86. The minimum absolute atomic E-state index is 0.0195. The molecule has 1 amide bonds. The number of nitrogens with zero attached hydrogens (tertiary/aromatic N) is 1. The van der Waals surface area contributed by atoms with Crippen LogP contribution in [0.2, 0.25) is 0 Å². The number of piperidine rings is 1. The Morgan fingerprint density at radius 3 is 3.00 bits per heavy atom. The number of hydrogen-bond acceptors (Lipinski definition) is 3. The average Bonchev–Trinajstić information content (AvgIpc) is 2.46. The highest BCUT2D eigenvalue weighted by atomic mass is 79.9. The first-order valence-electron chi connectivity index (χ1n) is 6.46. The van der Waals surface area contributed by atoms with Crippen LogP contribution in [-0.2, 0) is 4.79 Å². The summed E-state index contributed by atoms with van der Waals surface area (Å²) in [7, 11) is 0. The summed E-state index contributed by atoms with van der Waals surface area (Å²) in [5.74, 6) is 0.863. The van der Waals surface area contributed by atoms with Crippen LogP contribution in [-0.4, -0.2) is 42.2 Å². The number of ether oxygens (including phenoxy) is 1. The van der Waals surface area contributed by atoms with E-state index >= 15 is 0 Å². The summed E-state index contributed by atoms with van der Waals surface area (Å²) in [5, 5.41) is 9.16. The third kappa shape index (κ3) is 3.94. The van der Waals surface area contributed by atoms with E-state index in [1.165, 1.54) is 0 Å². The first-order chi connectivity index (χ1) is 9.20. The van der Waals surface area contributed by atoms with Gasteiger partial charge in [-0.3, -0.25) is 4.79 Å². The predicted octanol–water partition coefficient (Wildman–Crippen LogP) is 2.06. The quantitative estimate of drug-likeness (QED) is 0.920. The normalized spacial score (nSPS) is 19.3. The van der Waals surface area contributed by atoms with Crippen molar-refractivity contribution in [3.63, 3.8) is 0 Å². The highest BCUT2D eigenvalue weighted by Gasteiger charge is 2.23. The maximum atomic E-state index is 12.0. The second-order valence-corrected chi connectivity index (χ2v) is 5.60. The second-order valence-electron chi connectivity index (χ2n) is 4.75. The van der Waals surface area contributed by atoms with Gasteiger partial charge in [0.15, 0.2) is 6.61 Å². The molecule has 19 heavy (non-hydrogen) atoms. The zero-order chi connectivity index (χ0) is 13.7. The predicted molar refractivity (Wildman–Crippen MR) is 76.0 cm³/mol. The first-order valence-corrected chi connectivity index (χ1v) is 7.26. The highest BCUT2D eigenvalue weighted by molar-refractivity contribution is 9.10. The summed E-state index contributed by atoms with van der Waals surface area (Å²) in [6.45, 7) is 1.58. The van der Waals surface area contributed by atoms with Crippen LogP contribution < -0.4 is 4.74 Å². The number of carbonyl (C=O) groups is 1. The summed E-state index contributed by atoms with van der Waals surface area (Å²) in [5.41, 5.74) is 0. The fourth-order valence-electron chi connectivity index (χ4n) is 2.23. The summed E-state index contributed by atoms with van der Waals surface area (Å²) < 4.78 is 6.36. The molecule has 0 radical (unpaired) electrons. The van der Waals surface area contributed by atoms with Gasteiger partial charge in [-0.15, -0.1) is 0 Å². The van der Waals surface area contributed by atoms with Crippen molar-refractivity contribution in [3.8, 4) is 5.75 Å². The number of carbonyl (C=O) groups excluding carboxylic acids is 1. The van der Waals surface area contributed by atoms with Crippen molar-refractivity contribution in [2.24, 2.45) is 5.92 Å². The lowest BCUT2D eigenvalue weighted by Gasteiger charge is -2.31. The van der Waals surface area contributed by atoms with Gasteiger partial charge in [0.2, 0.25) is 0 Å². The standard InChI is InChI=1S/C14H18BrNO3/c15-12-5-1-2-6-13(12)19-10-14(18)16-7-3-4-11(8-16)9-17/h1-2,5-6,11,17H,3-4,7-10H2. The van der Waals surface area contributed by atoms with Gasteiger partial charge in [0.05, 0.1) is 4.47 Å². The minimum Gasteiger partial charge on any atom is -0.483 e. The number of likely N-dealkylation sites (tertiary alicyclic amines) is 1. The average molecular weight is 328 g/mol. The van der Waals surface area contributed by atoms with Crippen molar-refractivity contribution < 1.29 is 14.6 Å². The molecular formula is C14H18BrNO3. The maximum Gasteiger partial charge on any atom is 0.260 e. The molecule has 1 aromatic rings. The number of benzene rings is 1. The van der Waals surface area contributed by atoms with Crippen molar-refractivity contribution in [1.82, 2.24) is 4.90 Å². The van der Waals surface area contributed by atoms with Gasteiger partial charge >= 0.3 is 0 Å². The molecule has 1 aliphatic rings. The third-order valence-electron chi connectivity index (χ3n) is 3.32. The molecule has 1 aliphatic heterocycles. The van der Waals surface area contributed by atoms with Crippen LogP contribution in [0, 0.1) is 5.92 Å². The number of aliphatic hydroxyl groups is 1. The van der Waals surface area contributed by atoms with E-state index in [4.69, 9.17) is 9.84 Å². The molecule has 0 aliphatic carbocycles. The van der Waals surface area contributed by atoms with Crippen LogP contribution >= 0.6 is 15.9 Å². The van der Waals surface area contributed by atoms with Crippen molar-refractivity contribution in [1.29, 1.82) is 0 Å². The Hall–Kier alpha value is -1.07. The number of rotatable bonds is 4. The number of amides is 1. The molecule has 0 spiro atoms. The number of hydrogen-bond donors (Lipinski definition) is 1. The van der Waals surface area contributed by atoms with Crippen LogP contribution in [0.5, 0.6) is 5.75 Å². The van der Waals surface area contributed by atoms with Crippen LogP contribution in [0.3, 0.4) is 0 Å². The summed E-state index contributed by atoms with van der Waals surface area (Å²) in [6.07, 6.45) is 1.94. The summed E-state index contributed by atoms with van der Waals surface area (Å²) in [4.78, 5) is 13.8. The van der Waals surface area contributed by atoms with E-state index in [9.17, 15) is 4.79 Å². The maximum absolute atomic E-state index is 12.0. The topological polar surface area (TPSA) is 49.8 Å². The van der Waals surface area contributed by atoms with E-state index < -0.39 is 0 Å². The SMILES string of the molecule is O=C(COc1ccccc1Br)N1CCCC(CO)C1. The Morgan fingerprint density at radius 2 is 2.26 bits per heavy atom. The minimum atomic E-state index is -0.0195. The lowest BCUT2D eigenvalue weighted by Crippen LogP contribution is -2.43. The fraction of sp³-hybridized carbons (Fsp3) is 0.500. The smallest absolute Gasteiger partial charge is 0.260 e. The van der Waals surface area contributed by atoms with Gasteiger partial charge in [0, 0.05) is 19.7 Å². The molecular weight excluding hydrogens is 310 g/mol. The molecule has 0 aromatic heterocycles. The summed E-state index contributed by atoms with van der Waals surface area (Å²) >= 11 is 3.38. The Morgan fingerprint density at radius 1 is 1.47 bits per heavy atom. The van der Waals surface area contributed by atoms with E-state index in [-0.39, 0.29) is 25.0 Å². The molecule has 4 nitrogen and oxygen atoms in total. The molecule has 1 atom stereocenters. The molecule has 1 N–H and O–H groups in total. The van der Waals surface area contributed by atoms with E-state index in [0.29, 0.717) is 12.3 Å². The van der Waals surface area contributed by atoms with Gasteiger partial charge < -0.3 is 14.7 Å². The van der Waals surface area contributed by atoms with Crippen molar-refractivity contribution >= 4 is 21.8 Å². The molecule has 104 valence electrons. The van der Waals surface area contributed by atoms with E-state index in [1.54, 1.807) is 4.90 Å². The number of para-hydroxylation sites is 1. The summed E-state index contributed by atoms with van der Waals surface area (Å²) in [6, 6.07) is 7.47. The van der Waals surface area contributed by atoms with Gasteiger partial charge in [-0.1, -0.05) is 12.1 Å². The zero-order valence-electron chi connectivity index (χ0n) is 10.7. The highest BCUT2D eigenvalue weighted by Crippen LogP contribution is 2.24. The monoisotopic (exact) mass is 327 g/mol. The molecule has 1 fully saturated rings. The fourth-order valence-corrected chi connectivity index (χ4v) is 2.63. The van der Waals surface area contributed by atoms with Crippen LogP contribution in [0.15, 0.2) is 28.7 Å². The van der Waals surface area contributed by atoms with Gasteiger partial charge in [-0.25, -0.2) is 0 Å². The lowest BCUT2D eigenvalue weighted by atomic mass is 9.99. The molecule has 1 heterocycles. The van der Waals surface area contributed by atoms with Gasteiger partial charge in [-0.05, 0) is 46.8 Å². The molecule has 2 rings (SSSR count). The van der Waals surface area contributed by atoms with Crippen LogP contribution in [0.1, 0.15) is 12.8 Å². The van der Waals surface area contributed by atoms with Crippen molar-refractivity contribution in [2.75, 3.05) is 26.3 Å². The largest absolute Gasteiger partial charge is 0.483 e. The molecule has 0 bridgehead atoms. The van der Waals surface area contributed by atoms with Crippen molar-refractivity contribution in [2.45, 2.75) is 12.8 Å². The third-order valence-corrected chi connectivity index (χ3v) is 3.97. The molecule has 1 saturated heterocycles. The molecule has 0 saturated carbocycles. The van der Waals surface area contributed by atoms with Gasteiger partial charge in [0.25, 0.3) is 5.91 Å². The molecule has 5 heteroatoms. The lowest BCUT2D eigenvalue weighted by molar-refractivity contribution is -0.135. The molecule has 1 unspecified atom stereocenters. The van der Waals surface area contributed by atoms with E-state index in [2.05, 4.69) is 15.9 Å². The zero-order valence-corrected chi connectivity index (χ0v) is 12.3. The van der Waals surface area contributed by atoms with Crippen LogP contribution in [0.25, 0.3) is 0 Å². The Labute approximate surface area is 121 Å². The van der Waals surface area contributed by atoms with E-state index in [1.807, 2.05) is 24.3 Å². The van der Waals surface area contributed by atoms with Crippen molar-refractivity contribution in [3.05, 3.63) is 28.7 Å². The Bertz CT molecular complexity index is 438. The van der Waals surface area contributed by atoms with Crippen LogP contribution in [0.4, 0.5) is 0 Å². The molecule has 1 aromatic carbocycles. The van der Waals surface area contributed by atoms with Gasteiger partial charge in [0.1, 0.15) is 5.75 Å². The number of halogens is 1.